The molecule has 149 valence electrons. The van der Waals surface area contributed by atoms with Gasteiger partial charge in [-0.15, -0.1) is 0 Å². The Kier molecular flexibility index (Phi) is 7.17. The zero-order chi connectivity index (χ0) is 20.6. The summed E-state index contributed by atoms with van der Waals surface area (Å²) in [6, 6.07) is 15.3. The first-order valence-corrected chi connectivity index (χ1v) is 10.0. The number of esters is 1. The van der Waals surface area contributed by atoms with Crippen molar-refractivity contribution in [3.05, 3.63) is 89.6 Å². The fourth-order valence-corrected chi connectivity index (χ4v) is 3.52. The van der Waals surface area contributed by atoms with Crippen LogP contribution in [0.3, 0.4) is 0 Å². The van der Waals surface area contributed by atoms with Gasteiger partial charge in [-0.1, -0.05) is 75.3 Å². The van der Waals surface area contributed by atoms with Crippen molar-refractivity contribution in [1.29, 1.82) is 0 Å². The molecule has 0 saturated carbocycles. The molecule has 1 N–H and O–H groups in total. The van der Waals surface area contributed by atoms with Gasteiger partial charge in [0.15, 0.2) is 0 Å². The summed E-state index contributed by atoms with van der Waals surface area (Å²) in [7, 11) is 2.20. The maximum Gasteiger partial charge on any atom is 0.341 e. The predicted octanol–water partition coefficient (Wildman–Crippen LogP) is 4.48. The highest BCUT2D eigenvalue weighted by Crippen LogP contribution is 2.23. The van der Waals surface area contributed by atoms with Crippen LogP contribution in [0.4, 0.5) is 0 Å². The average molecular weight is 388 g/mol. The van der Waals surface area contributed by atoms with E-state index in [2.05, 4.69) is 38.7 Å². The fraction of sp³-hybridized carbons (Fsp3) is 0.292. The number of carbonyl (C=O) groups is 1. The van der Waals surface area contributed by atoms with Crippen LogP contribution in [-0.4, -0.2) is 26.0 Å². The van der Waals surface area contributed by atoms with Gasteiger partial charge in [0.25, 0.3) is 0 Å². The van der Waals surface area contributed by atoms with E-state index in [0.29, 0.717) is 11.3 Å². The number of benzene rings is 2. The molecule has 1 unspecified atom stereocenters. The van der Waals surface area contributed by atoms with Crippen LogP contribution in [0.1, 0.15) is 46.8 Å². The van der Waals surface area contributed by atoms with E-state index in [-0.39, 0.29) is 18.7 Å². The lowest BCUT2D eigenvalue weighted by Gasteiger charge is -2.27. The van der Waals surface area contributed by atoms with E-state index in [1.165, 1.54) is 5.56 Å². The maximum atomic E-state index is 12.6. The second-order valence-electron chi connectivity index (χ2n) is 7.17. The molecule has 1 aliphatic heterocycles. The third kappa shape index (κ3) is 5.53. The van der Waals surface area contributed by atoms with Gasteiger partial charge < -0.3 is 14.8 Å². The summed E-state index contributed by atoms with van der Waals surface area (Å²) in [6.07, 6.45) is 3.59. The van der Waals surface area contributed by atoms with E-state index in [1.807, 2.05) is 42.5 Å². The lowest BCUT2D eigenvalue weighted by molar-refractivity contribution is 0.00670. The summed E-state index contributed by atoms with van der Waals surface area (Å²) in [5.74, 6) is 0.339. The molecule has 5 heteroatoms. The van der Waals surface area contributed by atoms with Gasteiger partial charge in [0, 0.05) is 11.3 Å². The highest BCUT2D eigenvalue weighted by atomic mass is 16.7. The summed E-state index contributed by atoms with van der Waals surface area (Å²) in [4.78, 5) is 12.6. The van der Waals surface area contributed by atoms with Gasteiger partial charge in [0.1, 0.15) is 13.0 Å². The number of ether oxygens (including phenoxy) is 2. The number of hydrogen-bond donors (Lipinski definition) is 1. The van der Waals surface area contributed by atoms with Crippen LogP contribution in [0, 0.1) is 0 Å². The van der Waals surface area contributed by atoms with E-state index < -0.39 is 0 Å². The summed E-state index contributed by atoms with van der Waals surface area (Å²) >= 11 is 0. The smallest absolute Gasteiger partial charge is 0.341 e. The molecule has 1 atom stereocenters. The zero-order valence-electron chi connectivity index (χ0n) is 16.9. The van der Waals surface area contributed by atoms with Crippen molar-refractivity contribution in [3.63, 3.8) is 0 Å². The van der Waals surface area contributed by atoms with Crippen LogP contribution >= 0.6 is 0 Å². The van der Waals surface area contributed by atoms with Crippen molar-refractivity contribution in [1.82, 2.24) is 5.32 Å². The molecule has 1 aliphatic rings. The van der Waals surface area contributed by atoms with Crippen LogP contribution in [0.2, 0.25) is 0 Å². The van der Waals surface area contributed by atoms with Crippen molar-refractivity contribution in [2.75, 3.05) is 6.79 Å². The molecule has 2 aromatic rings. The van der Waals surface area contributed by atoms with Gasteiger partial charge in [-0.2, -0.15) is 0 Å². The van der Waals surface area contributed by atoms with E-state index in [0.717, 1.165) is 42.4 Å². The van der Waals surface area contributed by atoms with Gasteiger partial charge >= 0.3 is 5.97 Å². The molecule has 0 spiro atoms. The number of nitrogens with one attached hydrogen (secondary N) is 1. The SMILES string of the molecule is C=C(CCC)NC1[B]Cc2c(cccc2C(=O)OCOC(=C)c2ccccc2)C1. The molecule has 0 aromatic heterocycles. The third-order valence-corrected chi connectivity index (χ3v) is 5.00. The Morgan fingerprint density at radius 1 is 1.14 bits per heavy atom. The largest absolute Gasteiger partial charge is 0.457 e. The summed E-state index contributed by atoms with van der Waals surface area (Å²) < 4.78 is 10.8. The molecule has 29 heavy (non-hydrogen) atoms. The Bertz CT molecular complexity index is 879. The molecular formula is C24H27BNO3. The van der Waals surface area contributed by atoms with Gasteiger partial charge in [-0.05, 0) is 36.0 Å². The van der Waals surface area contributed by atoms with Crippen molar-refractivity contribution in [2.24, 2.45) is 0 Å². The zero-order valence-corrected chi connectivity index (χ0v) is 16.9. The molecule has 1 radical (unpaired) electrons. The molecule has 4 nitrogen and oxygen atoms in total. The number of hydrogen-bond acceptors (Lipinski definition) is 4. The van der Waals surface area contributed by atoms with Crippen LogP contribution < -0.4 is 5.32 Å². The maximum absolute atomic E-state index is 12.6. The Morgan fingerprint density at radius 2 is 1.93 bits per heavy atom. The van der Waals surface area contributed by atoms with Gasteiger partial charge in [-0.3, -0.25) is 0 Å². The fourth-order valence-electron chi connectivity index (χ4n) is 3.52. The Hall–Kier alpha value is -2.95. The second kappa shape index (κ2) is 10.0. The van der Waals surface area contributed by atoms with E-state index >= 15 is 0 Å². The highest BCUT2D eigenvalue weighted by molar-refractivity contribution is 6.38. The quantitative estimate of drug-likeness (QED) is 0.298. The minimum Gasteiger partial charge on any atom is -0.457 e. The molecule has 0 fully saturated rings. The summed E-state index contributed by atoms with van der Waals surface area (Å²) in [5, 5.41) is 3.48. The van der Waals surface area contributed by atoms with Crippen LogP contribution in [-0.2, 0) is 22.2 Å². The van der Waals surface area contributed by atoms with Crippen LogP contribution in [0.15, 0.2) is 67.4 Å². The number of rotatable bonds is 9. The normalized spacial score (nSPS) is 14.9. The summed E-state index contributed by atoms with van der Waals surface area (Å²) in [5.41, 5.74) is 4.71. The molecule has 0 bridgehead atoms. The van der Waals surface area contributed by atoms with Crippen molar-refractivity contribution in [3.8, 4) is 0 Å². The first kappa shape index (κ1) is 20.8. The Labute approximate surface area is 173 Å². The summed E-state index contributed by atoms with van der Waals surface area (Å²) in [6.45, 7) is 9.94. The monoisotopic (exact) mass is 388 g/mol. The first-order chi connectivity index (χ1) is 14.1. The van der Waals surface area contributed by atoms with Crippen molar-refractivity contribution in [2.45, 2.75) is 38.4 Å². The van der Waals surface area contributed by atoms with Gasteiger partial charge in [-0.25, -0.2) is 4.79 Å². The number of carbonyl (C=O) groups excluding carboxylic acids is 1. The minimum atomic E-state index is -0.377. The van der Waals surface area contributed by atoms with Crippen LogP contribution in [0.25, 0.3) is 5.76 Å². The molecule has 1 heterocycles. The molecule has 2 aromatic carbocycles. The van der Waals surface area contributed by atoms with E-state index in [1.54, 1.807) is 0 Å². The van der Waals surface area contributed by atoms with Crippen molar-refractivity contribution < 1.29 is 14.3 Å². The van der Waals surface area contributed by atoms with Crippen molar-refractivity contribution >= 4 is 19.0 Å². The standard InChI is InChI=1S/C24H27BNO3/c1-4-9-17(2)26-23-14-20-12-8-13-21(22(20)15-25-23)24(27)29-16-28-18(3)19-10-6-5-7-11-19/h5-8,10-13,23,26H,2-4,9,14-16H2,1H3. The number of fused-ring (bicyclic) bond motifs is 1. The van der Waals surface area contributed by atoms with Crippen LogP contribution in [0.5, 0.6) is 0 Å². The predicted molar refractivity (Wildman–Crippen MR) is 117 cm³/mol. The first-order valence-electron chi connectivity index (χ1n) is 10.0. The number of allylic oxidation sites excluding steroid dienone is 1. The Balaban J connectivity index is 1.57. The second-order valence-corrected chi connectivity index (χ2v) is 7.17. The van der Waals surface area contributed by atoms with E-state index in [4.69, 9.17) is 9.47 Å². The minimum absolute atomic E-state index is 0.166. The van der Waals surface area contributed by atoms with Gasteiger partial charge in [0.05, 0.1) is 5.56 Å². The Morgan fingerprint density at radius 3 is 2.69 bits per heavy atom. The molecule has 0 saturated heterocycles. The van der Waals surface area contributed by atoms with Gasteiger partial charge in [0.2, 0.25) is 6.79 Å². The lowest BCUT2D eigenvalue weighted by Crippen LogP contribution is -2.40. The molecule has 3 rings (SSSR count). The molecular weight excluding hydrogens is 361 g/mol. The lowest BCUT2D eigenvalue weighted by atomic mass is 9.57. The highest BCUT2D eigenvalue weighted by Gasteiger charge is 2.24. The molecule has 0 aliphatic carbocycles. The molecule has 0 amide bonds. The average Bonchev–Trinajstić information content (AvgIpc) is 2.73. The topological polar surface area (TPSA) is 47.6 Å². The van der Waals surface area contributed by atoms with E-state index in [9.17, 15) is 4.79 Å². The third-order valence-electron chi connectivity index (χ3n) is 5.00.